The Kier molecular flexibility index (Phi) is 18.0. The van der Waals surface area contributed by atoms with E-state index < -0.39 is 0 Å². The standard InChI is InChI=1S/C28H52N6O3/c1-5-7-9-11-12-14-16-24(15-13-10-8-6-2)21-37-28(36)30-18-17-22(3)20-31-27(35)34-26-32-23(4)19-25(29)33-26/h19,22,24H,5-18,20-21H2,1-4H3,(H,30,36)(H4,29,31,32,33,34,35). The second-order valence-electron chi connectivity index (χ2n) is 10.3. The third-order valence-corrected chi connectivity index (χ3v) is 6.50. The van der Waals surface area contributed by atoms with Crippen molar-refractivity contribution in [1.29, 1.82) is 0 Å². The molecule has 0 aromatic carbocycles. The van der Waals surface area contributed by atoms with Crippen LogP contribution in [0, 0.1) is 18.8 Å². The van der Waals surface area contributed by atoms with Crippen molar-refractivity contribution in [2.24, 2.45) is 11.8 Å². The molecule has 0 bridgehead atoms. The smallest absolute Gasteiger partial charge is 0.407 e. The van der Waals surface area contributed by atoms with Gasteiger partial charge in [-0.2, -0.15) is 4.98 Å². The van der Waals surface area contributed by atoms with Gasteiger partial charge >= 0.3 is 12.1 Å². The van der Waals surface area contributed by atoms with Crippen LogP contribution in [0.4, 0.5) is 21.4 Å². The maximum absolute atomic E-state index is 12.2. The quantitative estimate of drug-likeness (QED) is 0.144. The molecule has 2 atom stereocenters. The Morgan fingerprint density at radius 1 is 0.919 bits per heavy atom. The maximum Gasteiger partial charge on any atom is 0.407 e. The fourth-order valence-electron chi connectivity index (χ4n) is 4.21. The lowest BCUT2D eigenvalue weighted by atomic mass is 9.95. The summed E-state index contributed by atoms with van der Waals surface area (Å²) in [5.41, 5.74) is 6.36. The molecule has 1 rings (SSSR count). The average molecular weight is 521 g/mol. The highest BCUT2D eigenvalue weighted by Gasteiger charge is 2.13. The number of carbonyl (C=O) groups is 2. The Balaban J connectivity index is 2.24. The van der Waals surface area contributed by atoms with Gasteiger partial charge in [0.05, 0.1) is 6.61 Å². The summed E-state index contributed by atoms with van der Waals surface area (Å²) in [6, 6.07) is 1.24. The number of hydrogen-bond acceptors (Lipinski definition) is 6. The Bertz CT molecular complexity index is 741. The van der Waals surface area contributed by atoms with Crippen LogP contribution in [0.15, 0.2) is 6.07 Å². The first-order valence-electron chi connectivity index (χ1n) is 14.4. The summed E-state index contributed by atoms with van der Waals surface area (Å²) in [4.78, 5) is 32.5. The van der Waals surface area contributed by atoms with E-state index >= 15 is 0 Å². The van der Waals surface area contributed by atoms with Crippen molar-refractivity contribution < 1.29 is 14.3 Å². The van der Waals surface area contributed by atoms with Gasteiger partial charge in [0.25, 0.3) is 0 Å². The molecule has 5 N–H and O–H groups in total. The SMILES string of the molecule is CCCCCCCCC(CCCCCC)COC(=O)NCCC(C)CNC(=O)Nc1nc(C)cc(N)n1. The lowest BCUT2D eigenvalue weighted by molar-refractivity contribution is 0.120. The number of rotatable bonds is 20. The van der Waals surface area contributed by atoms with Crippen molar-refractivity contribution in [3.63, 3.8) is 0 Å². The lowest BCUT2D eigenvalue weighted by Gasteiger charge is -2.18. The van der Waals surface area contributed by atoms with Crippen molar-refractivity contribution >= 4 is 23.9 Å². The zero-order valence-electron chi connectivity index (χ0n) is 23.7. The van der Waals surface area contributed by atoms with Crippen molar-refractivity contribution in [2.45, 2.75) is 111 Å². The minimum Gasteiger partial charge on any atom is -0.449 e. The molecule has 0 saturated heterocycles. The molecular formula is C28H52N6O3. The number of alkyl carbamates (subject to hydrolysis) is 1. The number of nitrogens with two attached hydrogens (primary N) is 1. The highest BCUT2D eigenvalue weighted by atomic mass is 16.5. The summed E-state index contributed by atoms with van der Waals surface area (Å²) in [5.74, 6) is 1.10. The second-order valence-corrected chi connectivity index (χ2v) is 10.3. The Morgan fingerprint density at radius 3 is 2.19 bits per heavy atom. The number of nitrogen functional groups attached to an aromatic ring is 1. The van der Waals surface area contributed by atoms with Crippen LogP contribution in [0.5, 0.6) is 0 Å². The van der Waals surface area contributed by atoms with Crippen LogP contribution in [0.3, 0.4) is 0 Å². The monoisotopic (exact) mass is 520 g/mol. The summed E-state index contributed by atoms with van der Waals surface area (Å²) in [6.07, 6.45) is 15.3. The predicted octanol–water partition coefficient (Wildman–Crippen LogP) is 6.58. The van der Waals surface area contributed by atoms with Gasteiger partial charge < -0.3 is 21.1 Å². The highest BCUT2D eigenvalue weighted by Crippen LogP contribution is 2.19. The van der Waals surface area contributed by atoms with Gasteiger partial charge in [-0.05, 0) is 38.0 Å². The zero-order chi connectivity index (χ0) is 27.3. The number of urea groups is 1. The number of aryl methyl sites for hydroxylation is 1. The van der Waals surface area contributed by atoms with E-state index in [1.165, 1.54) is 64.2 Å². The van der Waals surface area contributed by atoms with Gasteiger partial charge in [0.2, 0.25) is 5.95 Å². The van der Waals surface area contributed by atoms with Crippen molar-refractivity contribution in [3.8, 4) is 0 Å². The minimum absolute atomic E-state index is 0.173. The molecule has 2 unspecified atom stereocenters. The van der Waals surface area contributed by atoms with E-state index in [-0.39, 0.29) is 24.0 Å². The molecule has 9 nitrogen and oxygen atoms in total. The van der Waals surface area contributed by atoms with E-state index in [1.807, 2.05) is 6.92 Å². The Hall–Kier alpha value is -2.58. The number of carbonyl (C=O) groups excluding carboxylic acids is 2. The molecule has 0 saturated carbocycles. The van der Waals surface area contributed by atoms with Gasteiger partial charge in [0, 0.05) is 24.8 Å². The average Bonchev–Trinajstić information content (AvgIpc) is 2.84. The molecule has 1 aromatic rings. The second kappa shape index (κ2) is 20.5. The third-order valence-electron chi connectivity index (χ3n) is 6.50. The number of amides is 3. The minimum atomic E-state index is -0.389. The van der Waals surface area contributed by atoms with E-state index in [9.17, 15) is 9.59 Å². The fraction of sp³-hybridized carbons (Fsp3) is 0.786. The summed E-state index contributed by atoms with van der Waals surface area (Å²) in [6.45, 7) is 9.72. The van der Waals surface area contributed by atoms with Gasteiger partial charge in [-0.3, -0.25) is 5.32 Å². The first-order valence-corrected chi connectivity index (χ1v) is 14.4. The van der Waals surface area contributed by atoms with Crippen molar-refractivity contribution in [1.82, 2.24) is 20.6 Å². The van der Waals surface area contributed by atoms with E-state index in [0.29, 0.717) is 37.1 Å². The number of nitrogens with one attached hydrogen (secondary N) is 3. The number of hydrogen-bond donors (Lipinski definition) is 4. The van der Waals surface area contributed by atoms with Crippen LogP contribution >= 0.6 is 0 Å². The molecule has 0 aliphatic rings. The van der Waals surface area contributed by atoms with Crippen LogP contribution in [-0.2, 0) is 4.74 Å². The van der Waals surface area contributed by atoms with Crippen LogP contribution in [0.1, 0.15) is 110 Å². The van der Waals surface area contributed by atoms with Gasteiger partial charge in [0.1, 0.15) is 5.82 Å². The number of anilines is 2. The molecular weight excluding hydrogens is 468 g/mol. The summed E-state index contributed by atoms with van der Waals surface area (Å²) in [7, 11) is 0. The summed E-state index contributed by atoms with van der Waals surface area (Å²) < 4.78 is 5.57. The molecule has 1 heterocycles. The molecule has 0 aliphatic carbocycles. The molecule has 9 heteroatoms. The number of ether oxygens (including phenoxy) is 1. The summed E-state index contributed by atoms with van der Waals surface area (Å²) >= 11 is 0. The first kappa shape index (κ1) is 32.4. The number of aromatic nitrogens is 2. The number of nitrogens with zero attached hydrogens (tertiary/aromatic N) is 2. The van der Waals surface area contributed by atoms with Gasteiger partial charge in [-0.1, -0.05) is 85.0 Å². The van der Waals surface area contributed by atoms with Gasteiger partial charge in [-0.25, -0.2) is 14.6 Å². The van der Waals surface area contributed by atoms with Crippen molar-refractivity contribution in [2.75, 3.05) is 30.7 Å². The third kappa shape index (κ3) is 17.5. The van der Waals surface area contributed by atoms with E-state index in [2.05, 4.69) is 39.8 Å². The summed E-state index contributed by atoms with van der Waals surface area (Å²) in [5, 5.41) is 8.24. The van der Waals surface area contributed by atoms with Crippen molar-refractivity contribution in [3.05, 3.63) is 11.8 Å². The molecule has 3 amide bonds. The van der Waals surface area contributed by atoms with Gasteiger partial charge in [-0.15, -0.1) is 0 Å². The molecule has 1 aromatic heterocycles. The molecule has 0 spiro atoms. The highest BCUT2D eigenvalue weighted by molar-refractivity contribution is 5.87. The lowest BCUT2D eigenvalue weighted by Crippen LogP contribution is -2.34. The van der Waals surface area contributed by atoms with Crippen LogP contribution < -0.4 is 21.7 Å². The molecule has 37 heavy (non-hydrogen) atoms. The Labute approximate surface area is 224 Å². The van der Waals surface area contributed by atoms with E-state index in [1.54, 1.807) is 13.0 Å². The molecule has 212 valence electrons. The van der Waals surface area contributed by atoms with Crippen LogP contribution in [0.2, 0.25) is 0 Å². The Morgan fingerprint density at radius 2 is 1.54 bits per heavy atom. The molecule has 0 radical (unpaired) electrons. The molecule has 0 fully saturated rings. The topological polar surface area (TPSA) is 131 Å². The van der Waals surface area contributed by atoms with E-state index in [4.69, 9.17) is 10.5 Å². The zero-order valence-corrected chi connectivity index (χ0v) is 23.7. The largest absolute Gasteiger partial charge is 0.449 e. The predicted molar refractivity (Wildman–Crippen MR) is 152 cm³/mol. The van der Waals surface area contributed by atoms with Crippen LogP contribution in [0.25, 0.3) is 0 Å². The normalized spacial score (nSPS) is 12.5. The number of unbranched alkanes of at least 4 members (excludes halogenated alkanes) is 8. The van der Waals surface area contributed by atoms with Gasteiger partial charge in [0.15, 0.2) is 0 Å². The maximum atomic E-state index is 12.2. The first-order chi connectivity index (χ1) is 17.8. The molecule has 0 aliphatic heterocycles. The van der Waals surface area contributed by atoms with E-state index in [0.717, 1.165) is 19.3 Å². The fourth-order valence-corrected chi connectivity index (χ4v) is 4.21. The van der Waals surface area contributed by atoms with Crippen LogP contribution in [-0.4, -0.2) is 41.8 Å².